The van der Waals surface area contributed by atoms with E-state index in [0.29, 0.717) is 41.8 Å². The summed E-state index contributed by atoms with van der Waals surface area (Å²) in [4.78, 5) is 29.3. The minimum absolute atomic E-state index is 0.0181. The predicted molar refractivity (Wildman–Crippen MR) is 120 cm³/mol. The third kappa shape index (κ3) is 5.90. The number of nitrogens with one attached hydrogen (secondary N) is 2. The minimum Gasteiger partial charge on any atom is -0.496 e. The SMILES string of the molecule is COc1cc(OC)c(C(=O)NCC2CCC(C(=O)NCc3cccnc3)CC2)cc1OC. The number of carbonyl (C=O) groups excluding carboxylic acids is 2. The topological polar surface area (TPSA) is 98.8 Å². The van der Waals surface area contributed by atoms with Crippen molar-refractivity contribution in [3.8, 4) is 17.2 Å². The maximum Gasteiger partial charge on any atom is 0.255 e. The summed E-state index contributed by atoms with van der Waals surface area (Å²) in [6, 6.07) is 7.07. The van der Waals surface area contributed by atoms with Crippen LogP contribution in [0.1, 0.15) is 41.6 Å². The molecule has 8 heteroatoms. The highest BCUT2D eigenvalue weighted by Crippen LogP contribution is 2.35. The zero-order chi connectivity index (χ0) is 22.9. The lowest BCUT2D eigenvalue weighted by molar-refractivity contribution is -0.126. The first-order chi connectivity index (χ1) is 15.5. The molecule has 2 amide bonds. The van der Waals surface area contributed by atoms with Gasteiger partial charge in [-0.05, 0) is 43.2 Å². The van der Waals surface area contributed by atoms with Crippen molar-refractivity contribution in [2.45, 2.75) is 32.2 Å². The average molecular weight is 442 g/mol. The fourth-order valence-electron chi connectivity index (χ4n) is 4.00. The van der Waals surface area contributed by atoms with Gasteiger partial charge >= 0.3 is 0 Å². The molecule has 1 fully saturated rings. The number of hydrogen-bond donors (Lipinski definition) is 2. The highest BCUT2D eigenvalue weighted by molar-refractivity contribution is 5.97. The number of carbonyl (C=O) groups is 2. The van der Waals surface area contributed by atoms with Crippen molar-refractivity contribution >= 4 is 11.8 Å². The van der Waals surface area contributed by atoms with E-state index < -0.39 is 0 Å². The monoisotopic (exact) mass is 441 g/mol. The zero-order valence-electron chi connectivity index (χ0n) is 18.8. The molecule has 0 unspecified atom stereocenters. The van der Waals surface area contributed by atoms with Crippen molar-refractivity contribution in [1.29, 1.82) is 0 Å². The molecular weight excluding hydrogens is 410 g/mol. The first kappa shape index (κ1) is 23.4. The van der Waals surface area contributed by atoms with Gasteiger partial charge in [-0.2, -0.15) is 0 Å². The van der Waals surface area contributed by atoms with Gasteiger partial charge in [0.15, 0.2) is 11.5 Å². The highest BCUT2D eigenvalue weighted by Gasteiger charge is 2.27. The molecule has 0 radical (unpaired) electrons. The lowest BCUT2D eigenvalue weighted by atomic mass is 9.81. The molecule has 3 rings (SSSR count). The van der Waals surface area contributed by atoms with E-state index in [-0.39, 0.29) is 17.7 Å². The molecule has 1 aliphatic carbocycles. The van der Waals surface area contributed by atoms with Crippen molar-refractivity contribution in [2.24, 2.45) is 11.8 Å². The molecule has 8 nitrogen and oxygen atoms in total. The Morgan fingerprint density at radius 3 is 2.28 bits per heavy atom. The largest absolute Gasteiger partial charge is 0.496 e. The van der Waals surface area contributed by atoms with Gasteiger partial charge in [0.1, 0.15) is 5.75 Å². The van der Waals surface area contributed by atoms with Gasteiger partial charge in [-0.1, -0.05) is 6.07 Å². The number of ether oxygens (including phenoxy) is 3. The predicted octanol–water partition coefficient (Wildman–Crippen LogP) is 2.96. The van der Waals surface area contributed by atoms with Crippen molar-refractivity contribution in [3.63, 3.8) is 0 Å². The van der Waals surface area contributed by atoms with E-state index in [1.165, 1.54) is 21.3 Å². The van der Waals surface area contributed by atoms with Crippen LogP contribution in [-0.4, -0.2) is 44.7 Å². The third-order valence-corrected chi connectivity index (χ3v) is 5.91. The van der Waals surface area contributed by atoms with Crippen molar-refractivity contribution in [1.82, 2.24) is 15.6 Å². The Bertz CT molecular complexity index is 911. The molecule has 1 aromatic carbocycles. The molecule has 0 atom stereocenters. The van der Waals surface area contributed by atoms with Crippen LogP contribution in [0.25, 0.3) is 0 Å². The molecule has 32 heavy (non-hydrogen) atoms. The van der Waals surface area contributed by atoms with E-state index in [1.54, 1.807) is 24.5 Å². The molecule has 1 aliphatic rings. The Kier molecular flexibility index (Phi) is 8.30. The molecule has 0 bridgehead atoms. The van der Waals surface area contributed by atoms with Gasteiger partial charge in [0, 0.05) is 43.5 Å². The quantitative estimate of drug-likeness (QED) is 0.621. The van der Waals surface area contributed by atoms with Gasteiger partial charge in [0.25, 0.3) is 5.91 Å². The van der Waals surface area contributed by atoms with Gasteiger partial charge in [-0.15, -0.1) is 0 Å². The van der Waals surface area contributed by atoms with Crippen molar-refractivity contribution in [2.75, 3.05) is 27.9 Å². The lowest BCUT2D eigenvalue weighted by Gasteiger charge is -2.28. The van der Waals surface area contributed by atoms with Crippen molar-refractivity contribution in [3.05, 3.63) is 47.8 Å². The molecule has 0 aliphatic heterocycles. The fourth-order valence-corrected chi connectivity index (χ4v) is 4.00. The number of aromatic nitrogens is 1. The van der Waals surface area contributed by atoms with E-state index in [0.717, 1.165) is 31.2 Å². The van der Waals surface area contributed by atoms with Crippen LogP contribution >= 0.6 is 0 Å². The number of methoxy groups -OCH3 is 3. The van der Waals surface area contributed by atoms with Gasteiger partial charge in [0.05, 0.1) is 26.9 Å². The summed E-state index contributed by atoms with van der Waals surface area (Å²) in [5, 5.41) is 6.00. The summed E-state index contributed by atoms with van der Waals surface area (Å²) in [7, 11) is 4.57. The molecule has 2 aromatic rings. The Morgan fingerprint density at radius 1 is 0.969 bits per heavy atom. The summed E-state index contributed by atoms with van der Waals surface area (Å²) in [5.41, 5.74) is 1.39. The summed E-state index contributed by atoms with van der Waals surface area (Å²) in [6.07, 6.45) is 6.90. The first-order valence-corrected chi connectivity index (χ1v) is 10.8. The minimum atomic E-state index is -0.223. The van der Waals surface area contributed by atoms with E-state index in [4.69, 9.17) is 14.2 Å². The number of benzene rings is 1. The van der Waals surface area contributed by atoms with Gasteiger partial charge in [0.2, 0.25) is 5.91 Å². The van der Waals surface area contributed by atoms with Crippen LogP contribution in [0.4, 0.5) is 0 Å². The molecule has 1 saturated carbocycles. The van der Waals surface area contributed by atoms with Crippen LogP contribution in [0.5, 0.6) is 17.2 Å². The van der Waals surface area contributed by atoms with Crippen LogP contribution in [-0.2, 0) is 11.3 Å². The average Bonchev–Trinajstić information content (AvgIpc) is 2.85. The highest BCUT2D eigenvalue weighted by atomic mass is 16.5. The van der Waals surface area contributed by atoms with Crippen LogP contribution in [0.3, 0.4) is 0 Å². The fraction of sp³-hybridized carbons (Fsp3) is 0.458. The zero-order valence-corrected chi connectivity index (χ0v) is 18.8. The maximum absolute atomic E-state index is 12.8. The molecule has 1 heterocycles. The van der Waals surface area contributed by atoms with Gasteiger partial charge in [-0.25, -0.2) is 0 Å². The van der Waals surface area contributed by atoms with E-state index in [1.807, 2.05) is 12.1 Å². The van der Waals surface area contributed by atoms with Crippen LogP contribution in [0.2, 0.25) is 0 Å². The number of hydrogen-bond acceptors (Lipinski definition) is 6. The Hall–Kier alpha value is -3.29. The Morgan fingerprint density at radius 2 is 1.66 bits per heavy atom. The molecular formula is C24H31N3O5. The van der Waals surface area contributed by atoms with E-state index >= 15 is 0 Å². The van der Waals surface area contributed by atoms with Crippen LogP contribution in [0, 0.1) is 11.8 Å². The summed E-state index contributed by atoms with van der Waals surface area (Å²) < 4.78 is 15.9. The molecule has 2 N–H and O–H groups in total. The molecule has 172 valence electrons. The number of rotatable bonds is 9. The standard InChI is InChI=1S/C24H31N3O5/c1-30-20-12-22(32-3)21(31-2)11-19(20)24(29)27-14-16-6-8-18(9-7-16)23(28)26-15-17-5-4-10-25-13-17/h4-5,10-13,16,18H,6-9,14-15H2,1-3H3,(H,26,28)(H,27,29). The second-order valence-corrected chi connectivity index (χ2v) is 7.91. The Balaban J connectivity index is 1.47. The van der Waals surface area contributed by atoms with Crippen LogP contribution in [0.15, 0.2) is 36.7 Å². The van der Waals surface area contributed by atoms with E-state index in [2.05, 4.69) is 15.6 Å². The van der Waals surface area contributed by atoms with Gasteiger partial charge < -0.3 is 24.8 Å². The third-order valence-electron chi connectivity index (χ3n) is 5.91. The van der Waals surface area contributed by atoms with Crippen molar-refractivity contribution < 1.29 is 23.8 Å². The summed E-state index contributed by atoms with van der Waals surface area (Å²) >= 11 is 0. The Labute approximate surface area is 188 Å². The van der Waals surface area contributed by atoms with Gasteiger partial charge in [-0.3, -0.25) is 14.6 Å². The van der Waals surface area contributed by atoms with E-state index in [9.17, 15) is 9.59 Å². The second-order valence-electron chi connectivity index (χ2n) is 7.91. The first-order valence-electron chi connectivity index (χ1n) is 10.8. The molecule has 0 spiro atoms. The molecule has 0 saturated heterocycles. The lowest BCUT2D eigenvalue weighted by Crippen LogP contribution is -2.36. The normalized spacial score (nSPS) is 17.8. The number of nitrogens with zero attached hydrogens (tertiary/aromatic N) is 1. The second kappa shape index (κ2) is 11.4. The molecule has 1 aromatic heterocycles. The van der Waals surface area contributed by atoms with Crippen LogP contribution < -0.4 is 24.8 Å². The summed E-state index contributed by atoms with van der Waals surface area (Å²) in [6.45, 7) is 1.05. The number of pyridine rings is 1. The summed E-state index contributed by atoms with van der Waals surface area (Å²) in [5.74, 6) is 1.62. The number of amides is 2. The maximum atomic E-state index is 12.8. The smallest absolute Gasteiger partial charge is 0.255 e.